The SMILES string of the molecule is CCOc1c(Br)cc(/C=C(/C#N)Cn2cnc3ccccc32)cc1OC. The second kappa shape index (κ2) is 8.07. The van der Waals surface area contributed by atoms with Crippen LogP contribution in [0.1, 0.15) is 12.5 Å². The molecule has 6 heteroatoms. The van der Waals surface area contributed by atoms with Crippen LogP contribution in [0.4, 0.5) is 0 Å². The van der Waals surface area contributed by atoms with Crippen LogP contribution in [-0.4, -0.2) is 23.3 Å². The van der Waals surface area contributed by atoms with Crippen LogP contribution < -0.4 is 9.47 Å². The Labute approximate surface area is 160 Å². The summed E-state index contributed by atoms with van der Waals surface area (Å²) in [4.78, 5) is 4.37. The molecule has 0 unspecified atom stereocenters. The summed E-state index contributed by atoms with van der Waals surface area (Å²) in [5.41, 5.74) is 3.39. The minimum Gasteiger partial charge on any atom is -0.493 e. The van der Waals surface area contributed by atoms with E-state index in [1.54, 1.807) is 13.4 Å². The van der Waals surface area contributed by atoms with Crippen molar-refractivity contribution < 1.29 is 9.47 Å². The van der Waals surface area contributed by atoms with Gasteiger partial charge in [-0.05, 0) is 58.8 Å². The molecule has 0 atom stereocenters. The number of nitrogens with zero attached hydrogens (tertiary/aromatic N) is 3. The van der Waals surface area contributed by atoms with Crippen LogP contribution >= 0.6 is 15.9 Å². The molecule has 0 N–H and O–H groups in total. The average molecular weight is 412 g/mol. The fourth-order valence-electron chi connectivity index (χ4n) is 2.74. The highest BCUT2D eigenvalue weighted by Gasteiger charge is 2.11. The molecule has 5 nitrogen and oxygen atoms in total. The Morgan fingerprint density at radius 3 is 2.88 bits per heavy atom. The van der Waals surface area contributed by atoms with Crippen molar-refractivity contribution in [1.29, 1.82) is 5.26 Å². The molecule has 26 heavy (non-hydrogen) atoms. The van der Waals surface area contributed by atoms with Gasteiger partial charge in [0.15, 0.2) is 11.5 Å². The van der Waals surface area contributed by atoms with Crippen LogP contribution in [-0.2, 0) is 6.54 Å². The number of ether oxygens (including phenoxy) is 2. The van der Waals surface area contributed by atoms with Crippen molar-refractivity contribution in [3.05, 3.63) is 58.3 Å². The fourth-order valence-corrected chi connectivity index (χ4v) is 3.32. The number of methoxy groups -OCH3 is 1. The van der Waals surface area contributed by atoms with E-state index in [-0.39, 0.29) is 0 Å². The molecule has 3 rings (SSSR count). The van der Waals surface area contributed by atoms with Gasteiger partial charge < -0.3 is 14.0 Å². The van der Waals surface area contributed by atoms with Crippen LogP contribution in [0.3, 0.4) is 0 Å². The van der Waals surface area contributed by atoms with Gasteiger partial charge in [0.05, 0.1) is 48.2 Å². The maximum atomic E-state index is 9.57. The van der Waals surface area contributed by atoms with Crippen molar-refractivity contribution in [1.82, 2.24) is 9.55 Å². The molecule has 0 aliphatic carbocycles. The lowest BCUT2D eigenvalue weighted by molar-refractivity contribution is 0.309. The normalized spacial score (nSPS) is 11.4. The number of hydrogen-bond acceptors (Lipinski definition) is 4. The van der Waals surface area contributed by atoms with Crippen LogP contribution in [0.5, 0.6) is 11.5 Å². The maximum absolute atomic E-state index is 9.57. The summed E-state index contributed by atoms with van der Waals surface area (Å²) in [7, 11) is 1.60. The number of halogens is 1. The summed E-state index contributed by atoms with van der Waals surface area (Å²) < 4.78 is 13.8. The Morgan fingerprint density at radius 1 is 1.35 bits per heavy atom. The molecule has 0 saturated carbocycles. The lowest BCUT2D eigenvalue weighted by atomic mass is 10.1. The average Bonchev–Trinajstić information content (AvgIpc) is 3.06. The molecular formula is C20H18BrN3O2. The molecular weight excluding hydrogens is 394 g/mol. The Kier molecular flexibility index (Phi) is 5.59. The van der Waals surface area contributed by atoms with Crippen molar-refractivity contribution in [3.8, 4) is 17.6 Å². The molecule has 0 spiro atoms. The predicted octanol–water partition coefficient (Wildman–Crippen LogP) is 4.81. The van der Waals surface area contributed by atoms with Gasteiger partial charge in [0, 0.05) is 5.57 Å². The number of nitriles is 1. The van der Waals surface area contributed by atoms with E-state index in [1.165, 1.54) is 0 Å². The summed E-state index contributed by atoms with van der Waals surface area (Å²) in [5.74, 6) is 1.28. The Hall–Kier alpha value is -2.78. The molecule has 1 heterocycles. The summed E-state index contributed by atoms with van der Waals surface area (Å²) in [6.45, 7) is 2.91. The number of imidazole rings is 1. The number of para-hydroxylation sites is 2. The van der Waals surface area contributed by atoms with Crippen molar-refractivity contribution >= 4 is 33.0 Å². The second-order valence-corrected chi connectivity index (χ2v) is 6.46. The van der Waals surface area contributed by atoms with E-state index in [0.29, 0.717) is 30.2 Å². The Balaban J connectivity index is 1.94. The van der Waals surface area contributed by atoms with Crippen molar-refractivity contribution in [3.63, 3.8) is 0 Å². The highest BCUT2D eigenvalue weighted by Crippen LogP contribution is 2.37. The second-order valence-electron chi connectivity index (χ2n) is 5.61. The van der Waals surface area contributed by atoms with E-state index in [0.717, 1.165) is 21.1 Å². The molecule has 1 aromatic heterocycles. The molecule has 0 fully saturated rings. The third-order valence-electron chi connectivity index (χ3n) is 3.89. The first-order valence-corrected chi connectivity index (χ1v) is 8.96. The highest BCUT2D eigenvalue weighted by atomic mass is 79.9. The molecule has 2 aromatic carbocycles. The zero-order valence-electron chi connectivity index (χ0n) is 14.6. The summed E-state index contributed by atoms with van der Waals surface area (Å²) >= 11 is 3.51. The molecule has 0 bridgehead atoms. The third kappa shape index (κ3) is 3.73. The maximum Gasteiger partial charge on any atom is 0.175 e. The standard InChI is InChI=1S/C20H18BrN3O2/c1-3-26-20-16(21)9-14(10-19(20)25-2)8-15(11-22)12-24-13-23-17-6-4-5-7-18(17)24/h4-10,13H,3,12H2,1-2H3/b15-8-. The van der Waals surface area contributed by atoms with E-state index in [9.17, 15) is 5.26 Å². The van der Waals surface area contributed by atoms with Gasteiger partial charge in [-0.25, -0.2) is 4.98 Å². The highest BCUT2D eigenvalue weighted by molar-refractivity contribution is 9.10. The number of allylic oxidation sites excluding steroid dienone is 1. The minimum absolute atomic E-state index is 0.449. The van der Waals surface area contributed by atoms with Gasteiger partial charge in [-0.15, -0.1) is 0 Å². The van der Waals surface area contributed by atoms with Gasteiger partial charge in [-0.2, -0.15) is 5.26 Å². The fraction of sp³-hybridized carbons (Fsp3) is 0.200. The molecule has 0 radical (unpaired) electrons. The number of fused-ring (bicyclic) bond motifs is 1. The van der Waals surface area contributed by atoms with Gasteiger partial charge in [0.25, 0.3) is 0 Å². The van der Waals surface area contributed by atoms with Crippen LogP contribution in [0.25, 0.3) is 17.1 Å². The first kappa shape index (κ1) is 18.0. The van der Waals surface area contributed by atoms with Crippen molar-refractivity contribution in [2.75, 3.05) is 13.7 Å². The number of hydrogen-bond donors (Lipinski definition) is 0. The number of rotatable bonds is 6. The molecule has 0 saturated heterocycles. The lowest BCUT2D eigenvalue weighted by Crippen LogP contribution is -1.99. The summed E-state index contributed by atoms with van der Waals surface area (Å²) in [6.07, 6.45) is 3.60. The molecule has 0 aliphatic heterocycles. The van der Waals surface area contributed by atoms with E-state index in [2.05, 4.69) is 27.0 Å². The largest absolute Gasteiger partial charge is 0.493 e. The number of aromatic nitrogens is 2. The Morgan fingerprint density at radius 2 is 2.15 bits per heavy atom. The number of benzene rings is 2. The van der Waals surface area contributed by atoms with Crippen LogP contribution in [0, 0.1) is 11.3 Å². The lowest BCUT2D eigenvalue weighted by Gasteiger charge is -2.12. The molecule has 3 aromatic rings. The topological polar surface area (TPSA) is 60.1 Å². The van der Waals surface area contributed by atoms with Crippen molar-refractivity contribution in [2.45, 2.75) is 13.5 Å². The summed E-state index contributed by atoms with van der Waals surface area (Å²) in [6, 6.07) is 13.9. The zero-order valence-corrected chi connectivity index (χ0v) is 16.2. The van der Waals surface area contributed by atoms with Gasteiger partial charge in [-0.1, -0.05) is 12.1 Å². The molecule has 132 valence electrons. The van der Waals surface area contributed by atoms with E-state index < -0.39 is 0 Å². The Bertz CT molecular complexity index is 1000. The van der Waals surface area contributed by atoms with Gasteiger partial charge in [0.1, 0.15) is 0 Å². The quantitative estimate of drug-likeness (QED) is 0.545. The third-order valence-corrected chi connectivity index (χ3v) is 4.48. The zero-order chi connectivity index (χ0) is 18.5. The van der Waals surface area contributed by atoms with Gasteiger partial charge in [-0.3, -0.25) is 0 Å². The summed E-state index contributed by atoms with van der Waals surface area (Å²) in [5, 5.41) is 9.57. The van der Waals surface area contributed by atoms with Gasteiger partial charge in [0.2, 0.25) is 0 Å². The predicted molar refractivity (Wildman–Crippen MR) is 105 cm³/mol. The van der Waals surface area contributed by atoms with Gasteiger partial charge >= 0.3 is 0 Å². The monoisotopic (exact) mass is 411 g/mol. The van der Waals surface area contributed by atoms with Crippen molar-refractivity contribution in [2.24, 2.45) is 0 Å². The first-order chi connectivity index (χ1) is 12.7. The first-order valence-electron chi connectivity index (χ1n) is 8.17. The van der Waals surface area contributed by atoms with E-state index in [4.69, 9.17) is 9.47 Å². The van der Waals surface area contributed by atoms with E-state index in [1.807, 2.05) is 54.0 Å². The molecule has 0 aliphatic rings. The van der Waals surface area contributed by atoms with Crippen LogP contribution in [0.15, 0.2) is 52.8 Å². The smallest absolute Gasteiger partial charge is 0.175 e. The van der Waals surface area contributed by atoms with E-state index >= 15 is 0 Å². The minimum atomic E-state index is 0.449. The van der Waals surface area contributed by atoms with Crippen LogP contribution in [0.2, 0.25) is 0 Å². The molecule has 0 amide bonds.